The quantitative estimate of drug-likeness (QED) is 0.857. The van der Waals surface area contributed by atoms with E-state index in [1.165, 1.54) is 6.92 Å². The van der Waals surface area contributed by atoms with Gasteiger partial charge in [-0.3, -0.25) is 14.4 Å². The molecule has 2 aromatic rings. The highest BCUT2D eigenvalue weighted by Gasteiger charge is 2.28. The van der Waals surface area contributed by atoms with Crippen LogP contribution >= 0.6 is 11.3 Å². The van der Waals surface area contributed by atoms with Gasteiger partial charge in [0, 0.05) is 23.9 Å². The van der Waals surface area contributed by atoms with Gasteiger partial charge in [-0.15, -0.1) is 11.3 Å². The summed E-state index contributed by atoms with van der Waals surface area (Å²) < 4.78 is 26.3. The highest BCUT2D eigenvalue weighted by molar-refractivity contribution is 7.17. The number of nitrogens with two attached hydrogens (primary N) is 1. The van der Waals surface area contributed by atoms with Crippen LogP contribution in [-0.4, -0.2) is 29.2 Å². The monoisotopic (exact) mass is 379 g/mol. The Labute approximate surface area is 151 Å². The number of rotatable bonds is 3. The lowest BCUT2D eigenvalue weighted by molar-refractivity contribution is -0.129. The van der Waals surface area contributed by atoms with E-state index < -0.39 is 23.4 Å². The summed E-state index contributed by atoms with van der Waals surface area (Å²) in [5, 5.41) is 2.78. The first-order valence-electron chi connectivity index (χ1n) is 7.74. The number of amides is 3. The fourth-order valence-corrected chi connectivity index (χ4v) is 4.10. The molecular formula is C17H15F2N3O3S. The lowest BCUT2D eigenvalue weighted by Gasteiger charge is -2.25. The lowest BCUT2D eigenvalue weighted by atomic mass is 10.0. The number of carbonyl (C=O) groups excluding carboxylic acids is 3. The van der Waals surface area contributed by atoms with Gasteiger partial charge >= 0.3 is 0 Å². The van der Waals surface area contributed by atoms with Crippen LogP contribution in [-0.2, 0) is 17.8 Å². The van der Waals surface area contributed by atoms with Gasteiger partial charge in [0.15, 0.2) is 11.6 Å². The number of thiophene rings is 1. The zero-order valence-electron chi connectivity index (χ0n) is 13.8. The highest BCUT2D eigenvalue weighted by Crippen LogP contribution is 2.37. The zero-order valence-corrected chi connectivity index (χ0v) is 14.6. The number of anilines is 1. The third-order valence-corrected chi connectivity index (χ3v) is 5.29. The minimum atomic E-state index is -1.14. The molecule has 0 aliphatic carbocycles. The van der Waals surface area contributed by atoms with E-state index in [4.69, 9.17) is 5.73 Å². The summed E-state index contributed by atoms with van der Waals surface area (Å²) in [6, 6.07) is 2.77. The molecule has 3 amide bonds. The van der Waals surface area contributed by atoms with Crippen molar-refractivity contribution in [1.29, 1.82) is 0 Å². The smallest absolute Gasteiger partial charge is 0.256 e. The molecule has 26 heavy (non-hydrogen) atoms. The minimum absolute atomic E-state index is 0.0861. The van der Waals surface area contributed by atoms with E-state index in [9.17, 15) is 23.2 Å². The summed E-state index contributed by atoms with van der Waals surface area (Å²) in [7, 11) is 0. The third-order valence-electron chi connectivity index (χ3n) is 4.16. The predicted molar refractivity (Wildman–Crippen MR) is 91.9 cm³/mol. The molecule has 0 bridgehead atoms. The summed E-state index contributed by atoms with van der Waals surface area (Å²) in [5.74, 6) is -3.67. The first-order chi connectivity index (χ1) is 12.3. The Kier molecular flexibility index (Phi) is 4.73. The summed E-state index contributed by atoms with van der Waals surface area (Å²) in [4.78, 5) is 38.2. The van der Waals surface area contributed by atoms with E-state index in [2.05, 4.69) is 5.32 Å². The minimum Gasteiger partial charge on any atom is -0.365 e. The predicted octanol–water partition coefficient (Wildman–Crippen LogP) is 2.28. The van der Waals surface area contributed by atoms with E-state index in [1.807, 2.05) is 0 Å². The fraction of sp³-hybridized carbons (Fsp3) is 0.235. The van der Waals surface area contributed by atoms with Crippen LogP contribution in [0.25, 0.3) is 0 Å². The topological polar surface area (TPSA) is 92.5 Å². The molecule has 9 heteroatoms. The molecule has 2 heterocycles. The Morgan fingerprint density at radius 1 is 1.23 bits per heavy atom. The van der Waals surface area contributed by atoms with Crippen LogP contribution in [0.15, 0.2) is 18.2 Å². The van der Waals surface area contributed by atoms with Crippen LogP contribution in [0.5, 0.6) is 0 Å². The number of primary amides is 1. The largest absolute Gasteiger partial charge is 0.365 e. The van der Waals surface area contributed by atoms with E-state index in [0.717, 1.165) is 34.4 Å². The van der Waals surface area contributed by atoms with Gasteiger partial charge in [-0.2, -0.15) is 0 Å². The second-order valence-electron chi connectivity index (χ2n) is 5.85. The number of benzene rings is 1. The van der Waals surface area contributed by atoms with Crippen LogP contribution < -0.4 is 11.1 Å². The van der Waals surface area contributed by atoms with Gasteiger partial charge in [-0.25, -0.2) is 8.78 Å². The molecule has 1 aliphatic heterocycles. The molecule has 0 saturated carbocycles. The summed E-state index contributed by atoms with van der Waals surface area (Å²) in [6.07, 6.45) is 0.449. The number of carbonyl (C=O) groups is 3. The average molecular weight is 379 g/mol. The van der Waals surface area contributed by atoms with Gasteiger partial charge in [-0.1, -0.05) is 0 Å². The third kappa shape index (κ3) is 3.30. The summed E-state index contributed by atoms with van der Waals surface area (Å²) >= 11 is 1.15. The van der Waals surface area contributed by atoms with Crippen molar-refractivity contribution < 1.29 is 23.2 Å². The molecular weight excluding hydrogens is 364 g/mol. The van der Waals surface area contributed by atoms with Crippen molar-refractivity contribution in [2.24, 2.45) is 5.73 Å². The molecule has 0 spiro atoms. The molecule has 0 saturated heterocycles. The van der Waals surface area contributed by atoms with Crippen molar-refractivity contribution >= 4 is 34.1 Å². The second-order valence-corrected chi connectivity index (χ2v) is 6.95. The Morgan fingerprint density at radius 3 is 2.58 bits per heavy atom. The Bertz CT molecular complexity index is 926. The average Bonchev–Trinajstić information content (AvgIpc) is 2.94. The maximum atomic E-state index is 13.3. The van der Waals surface area contributed by atoms with Crippen molar-refractivity contribution in [3.8, 4) is 0 Å². The van der Waals surface area contributed by atoms with Gasteiger partial charge in [0.05, 0.1) is 12.1 Å². The Hall–Kier alpha value is -2.81. The van der Waals surface area contributed by atoms with Crippen LogP contribution in [0.1, 0.15) is 38.1 Å². The molecule has 3 N–H and O–H groups in total. The van der Waals surface area contributed by atoms with Gasteiger partial charge in [-0.05, 0) is 30.2 Å². The Morgan fingerprint density at radius 2 is 1.96 bits per heavy atom. The number of halogens is 2. The molecule has 6 nitrogen and oxygen atoms in total. The molecule has 1 aromatic heterocycles. The number of fused-ring (bicyclic) bond motifs is 1. The van der Waals surface area contributed by atoms with E-state index in [-0.39, 0.29) is 22.0 Å². The van der Waals surface area contributed by atoms with Crippen molar-refractivity contribution in [2.75, 3.05) is 11.9 Å². The molecule has 0 fully saturated rings. The number of hydrogen-bond acceptors (Lipinski definition) is 4. The zero-order chi connectivity index (χ0) is 19.0. The molecule has 3 rings (SSSR count). The maximum absolute atomic E-state index is 13.3. The Balaban J connectivity index is 1.92. The van der Waals surface area contributed by atoms with Crippen molar-refractivity contribution in [3.05, 3.63) is 51.4 Å². The van der Waals surface area contributed by atoms with Gasteiger partial charge in [0.25, 0.3) is 11.8 Å². The standard InChI is InChI=1S/C17H15F2N3O3S/c1-8(23)22-5-4-10-13(7-22)26-17(14(10)15(20)24)21-16(25)9-2-3-11(18)12(19)6-9/h2-3,6H,4-5,7H2,1H3,(H2,20,24)(H,21,25). The lowest BCUT2D eigenvalue weighted by Crippen LogP contribution is -2.34. The summed E-state index contributed by atoms with van der Waals surface area (Å²) in [6.45, 7) is 2.24. The van der Waals surface area contributed by atoms with E-state index in [0.29, 0.717) is 25.1 Å². The van der Waals surface area contributed by atoms with E-state index in [1.54, 1.807) is 4.90 Å². The molecule has 0 radical (unpaired) electrons. The number of nitrogens with zero attached hydrogens (tertiary/aromatic N) is 1. The first kappa shape index (κ1) is 18.0. The summed E-state index contributed by atoms with van der Waals surface area (Å²) in [5.41, 5.74) is 6.28. The van der Waals surface area contributed by atoms with Crippen LogP contribution in [0.3, 0.4) is 0 Å². The number of nitrogens with one attached hydrogen (secondary N) is 1. The molecule has 136 valence electrons. The van der Waals surface area contributed by atoms with Crippen LogP contribution in [0.2, 0.25) is 0 Å². The van der Waals surface area contributed by atoms with Crippen molar-refractivity contribution in [2.45, 2.75) is 19.9 Å². The van der Waals surface area contributed by atoms with Gasteiger partial charge < -0.3 is 16.0 Å². The van der Waals surface area contributed by atoms with Gasteiger partial charge in [0.2, 0.25) is 5.91 Å². The first-order valence-corrected chi connectivity index (χ1v) is 8.55. The second kappa shape index (κ2) is 6.83. The van der Waals surface area contributed by atoms with Crippen molar-refractivity contribution in [1.82, 2.24) is 4.90 Å². The van der Waals surface area contributed by atoms with Crippen LogP contribution in [0, 0.1) is 11.6 Å². The maximum Gasteiger partial charge on any atom is 0.256 e. The number of hydrogen-bond donors (Lipinski definition) is 2. The van der Waals surface area contributed by atoms with Crippen molar-refractivity contribution in [3.63, 3.8) is 0 Å². The molecule has 1 aromatic carbocycles. The fourth-order valence-electron chi connectivity index (χ4n) is 2.83. The van der Waals surface area contributed by atoms with E-state index >= 15 is 0 Å². The van der Waals surface area contributed by atoms with Gasteiger partial charge in [0.1, 0.15) is 5.00 Å². The van der Waals surface area contributed by atoms with Crippen LogP contribution in [0.4, 0.5) is 13.8 Å². The molecule has 0 unspecified atom stereocenters. The normalized spacial score (nSPS) is 13.3. The molecule has 0 atom stereocenters. The SMILES string of the molecule is CC(=O)N1CCc2c(sc(NC(=O)c3ccc(F)c(F)c3)c2C(N)=O)C1. The highest BCUT2D eigenvalue weighted by atomic mass is 32.1. The molecule has 1 aliphatic rings.